The second-order valence-corrected chi connectivity index (χ2v) is 10.1. The van der Waals surface area contributed by atoms with E-state index in [2.05, 4.69) is 5.32 Å². The molecule has 0 radical (unpaired) electrons. The van der Waals surface area contributed by atoms with Crippen molar-refractivity contribution in [2.45, 2.75) is 26.2 Å². The Bertz CT molecular complexity index is 1100. The summed E-state index contributed by atoms with van der Waals surface area (Å²) in [4.78, 5) is 26.1. The number of halogens is 2. The Balaban J connectivity index is 1.86. The van der Waals surface area contributed by atoms with E-state index in [1.165, 1.54) is 17.4 Å². The Morgan fingerprint density at radius 1 is 1.33 bits per heavy atom. The molecule has 1 aromatic heterocycles. The zero-order valence-electron chi connectivity index (χ0n) is 16.3. The van der Waals surface area contributed by atoms with E-state index in [1.54, 1.807) is 6.92 Å². The van der Waals surface area contributed by atoms with Crippen molar-refractivity contribution in [1.29, 1.82) is 0 Å². The molecule has 1 aliphatic carbocycles. The molecule has 0 atom stereocenters. The van der Waals surface area contributed by atoms with E-state index in [9.17, 15) is 22.4 Å². The lowest BCUT2D eigenvalue weighted by Crippen LogP contribution is -2.37. The zero-order chi connectivity index (χ0) is 22.1. The van der Waals surface area contributed by atoms with E-state index < -0.39 is 34.3 Å². The average Bonchev–Trinajstić information content (AvgIpc) is 3.22. The number of amides is 1. The maximum Gasteiger partial charge on any atom is 0.341 e. The van der Waals surface area contributed by atoms with E-state index in [1.807, 2.05) is 0 Å². The van der Waals surface area contributed by atoms with E-state index >= 15 is 0 Å². The van der Waals surface area contributed by atoms with Gasteiger partial charge in [-0.1, -0.05) is 11.6 Å². The molecule has 30 heavy (non-hydrogen) atoms. The highest BCUT2D eigenvalue weighted by Gasteiger charge is 2.29. The summed E-state index contributed by atoms with van der Waals surface area (Å²) in [5, 5.41) is 2.72. The number of hydrogen-bond acceptors (Lipinski definition) is 6. The Labute approximate surface area is 182 Å². The van der Waals surface area contributed by atoms with Crippen molar-refractivity contribution >= 4 is 55.5 Å². The number of ether oxygens (including phenoxy) is 1. The predicted molar refractivity (Wildman–Crippen MR) is 115 cm³/mol. The second kappa shape index (κ2) is 8.91. The molecule has 1 aliphatic rings. The smallest absolute Gasteiger partial charge is 0.341 e. The van der Waals surface area contributed by atoms with E-state index in [-0.39, 0.29) is 17.3 Å². The number of thiophene rings is 1. The van der Waals surface area contributed by atoms with Crippen LogP contribution in [-0.2, 0) is 32.4 Å². The topological polar surface area (TPSA) is 92.8 Å². The maximum atomic E-state index is 13.4. The van der Waals surface area contributed by atoms with Crippen molar-refractivity contribution in [3.63, 3.8) is 0 Å². The number of anilines is 2. The first kappa shape index (κ1) is 22.5. The van der Waals surface area contributed by atoms with Crippen LogP contribution in [0.2, 0.25) is 5.02 Å². The fraction of sp³-hybridized carbons (Fsp3) is 0.368. The highest BCUT2D eigenvalue weighted by Crippen LogP contribution is 2.39. The lowest BCUT2D eigenvalue weighted by atomic mass is 10.1. The minimum atomic E-state index is -3.86. The van der Waals surface area contributed by atoms with E-state index in [0.29, 0.717) is 10.6 Å². The SMILES string of the molecule is CCOC(=O)c1c(NC(=O)CN(c2ccc(F)c(Cl)c2)S(C)(=O)=O)sc2c1CCC2. The third-order valence-corrected chi connectivity index (χ3v) is 7.17. The van der Waals surface area contributed by atoms with Gasteiger partial charge < -0.3 is 10.1 Å². The van der Waals surface area contributed by atoms with Crippen LogP contribution in [0.5, 0.6) is 0 Å². The molecule has 0 unspecified atom stereocenters. The molecule has 2 aromatic rings. The van der Waals surface area contributed by atoms with Crippen LogP contribution >= 0.6 is 22.9 Å². The van der Waals surface area contributed by atoms with Crippen LogP contribution in [-0.4, -0.2) is 39.7 Å². The average molecular weight is 475 g/mol. The molecule has 1 heterocycles. The molecule has 1 N–H and O–H groups in total. The van der Waals surface area contributed by atoms with Crippen molar-refractivity contribution in [3.05, 3.63) is 45.0 Å². The number of nitrogens with zero attached hydrogens (tertiary/aromatic N) is 1. The number of esters is 1. The van der Waals surface area contributed by atoms with Gasteiger partial charge in [-0.05, 0) is 49.9 Å². The van der Waals surface area contributed by atoms with Gasteiger partial charge in [0, 0.05) is 4.88 Å². The zero-order valence-corrected chi connectivity index (χ0v) is 18.7. The van der Waals surface area contributed by atoms with Gasteiger partial charge in [0.05, 0.1) is 29.1 Å². The third-order valence-electron chi connectivity index (χ3n) is 4.53. The third kappa shape index (κ3) is 4.76. The normalized spacial score (nSPS) is 13.1. The van der Waals surface area contributed by atoms with Gasteiger partial charge in [0.1, 0.15) is 17.4 Å². The Morgan fingerprint density at radius 3 is 2.70 bits per heavy atom. The fourth-order valence-electron chi connectivity index (χ4n) is 3.25. The molecule has 0 aliphatic heterocycles. The quantitative estimate of drug-likeness (QED) is 0.619. The number of rotatable bonds is 7. The first-order chi connectivity index (χ1) is 14.1. The number of nitrogens with one attached hydrogen (secondary N) is 1. The predicted octanol–water partition coefficient (Wildman–Crippen LogP) is 3.61. The molecule has 0 saturated carbocycles. The van der Waals surface area contributed by atoms with Gasteiger partial charge in [-0.2, -0.15) is 0 Å². The summed E-state index contributed by atoms with van der Waals surface area (Å²) >= 11 is 7.05. The highest BCUT2D eigenvalue weighted by molar-refractivity contribution is 7.92. The number of hydrogen-bond donors (Lipinski definition) is 1. The Morgan fingerprint density at radius 2 is 2.07 bits per heavy atom. The number of benzene rings is 1. The minimum Gasteiger partial charge on any atom is -0.462 e. The van der Waals surface area contributed by atoms with Crippen LogP contribution in [0.1, 0.15) is 34.1 Å². The lowest BCUT2D eigenvalue weighted by molar-refractivity contribution is -0.114. The number of carbonyl (C=O) groups excluding carboxylic acids is 2. The van der Waals surface area contributed by atoms with Crippen LogP contribution in [0.4, 0.5) is 15.1 Å². The van der Waals surface area contributed by atoms with E-state index in [4.69, 9.17) is 16.3 Å². The highest BCUT2D eigenvalue weighted by atomic mass is 35.5. The minimum absolute atomic E-state index is 0.0540. The van der Waals surface area contributed by atoms with Gasteiger partial charge in [-0.3, -0.25) is 9.10 Å². The van der Waals surface area contributed by atoms with Crippen LogP contribution in [0, 0.1) is 5.82 Å². The summed E-state index contributed by atoms with van der Waals surface area (Å²) in [6.45, 7) is 1.33. The summed E-state index contributed by atoms with van der Waals surface area (Å²) in [7, 11) is -3.86. The van der Waals surface area contributed by atoms with Gasteiger partial charge in [-0.25, -0.2) is 17.6 Å². The maximum absolute atomic E-state index is 13.4. The molecular weight excluding hydrogens is 455 g/mol. The van der Waals surface area contributed by atoms with Gasteiger partial charge in [0.2, 0.25) is 15.9 Å². The monoisotopic (exact) mass is 474 g/mol. The van der Waals surface area contributed by atoms with Crippen LogP contribution < -0.4 is 9.62 Å². The Hall–Kier alpha value is -2.17. The van der Waals surface area contributed by atoms with Gasteiger partial charge in [0.15, 0.2) is 0 Å². The first-order valence-electron chi connectivity index (χ1n) is 9.16. The number of aryl methyl sites for hydroxylation is 1. The number of sulfonamides is 1. The summed E-state index contributed by atoms with van der Waals surface area (Å²) in [6.07, 6.45) is 3.39. The van der Waals surface area contributed by atoms with Crippen molar-refractivity contribution in [2.24, 2.45) is 0 Å². The number of fused-ring (bicyclic) bond motifs is 1. The van der Waals surface area contributed by atoms with Crippen molar-refractivity contribution < 1.29 is 27.1 Å². The molecule has 162 valence electrons. The molecular formula is C19H20ClFN2O5S2. The molecule has 7 nitrogen and oxygen atoms in total. The molecule has 0 bridgehead atoms. The molecule has 0 saturated heterocycles. The summed E-state index contributed by atoms with van der Waals surface area (Å²) < 4.78 is 43.8. The van der Waals surface area contributed by atoms with Gasteiger partial charge >= 0.3 is 5.97 Å². The van der Waals surface area contributed by atoms with Crippen LogP contribution in [0.15, 0.2) is 18.2 Å². The van der Waals surface area contributed by atoms with Crippen LogP contribution in [0.25, 0.3) is 0 Å². The fourth-order valence-corrected chi connectivity index (χ4v) is 5.56. The lowest BCUT2D eigenvalue weighted by Gasteiger charge is -2.22. The summed E-state index contributed by atoms with van der Waals surface area (Å²) in [6, 6.07) is 3.38. The summed E-state index contributed by atoms with van der Waals surface area (Å²) in [5.74, 6) is -1.87. The van der Waals surface area contributed by atoms with E-state index in [0.717, 1.165) is 52.4 Å². The second-order valence-electron chi connectivity index (χ2n) is 6.70. The van der Waals surface area contributed by atoms with Gasteiger partial charge in [-0.15, -0.1) is 11.3 Å². The van der Waals surface area contributed by atoms with Gasteiger partial charge in [0.25, 0.3) is 0 Å². The van der Waals surface area contributed by atoms with Crippen molar-refractivity contribution in [2.75, 3.05) is 29.0 Å². The summed E-state index contributed by atoms with van der Waals surface area (Å²) in [5.41, 5.74) is 1.26. The number of carbonyl (C=O) groups is 2. The molecule has 3 rings (SSSR count). The first-order valence-corrected chi connectivity index (χ1v) is 12.2. The molecule has 1 aromatic carbocycles. The molecule has 1 amide bonds. The molecule has 11 heteroatoms. The molecule has 0 fully saturated rings. The standard InChI is InChI=1S/C19H20ClFN2O5S2/c1-3-28-19(25)17-12-5-4-6-15(12)29-18(17)22-16(24)10-23(30(2,26)27)11-7-8-14(21)13(20)9-11/h7-9H,3-6,10H2,1-2H3,(H,22,24). The van der Waals surface area contributed by atoms with Crippen LogP contribution in [0.3, 0.4) is 0 Å². The van der Waals surface area contributed by atoms with Crippen molar-refractivity contribution in [3.8, 4) is 0 Å². The largest absolute Gasteiger partial charge is 0.462 e. The van der Waals surface area contributed by atoms with Crippen molar-refractivity contribution in [1.82, 2.24) is 0 Å². The Kier molecular flexibility index (Phi) is 6.68. The molecule has 0 spiro atoms.